The molecule has 0 aliphatic carbocycles. The highest BCUT2D eigenvalue weighted by Crippen LogP contribution is 2.16. The number of rotatable bonds is 6. The first-order valence-electron chi connectivity index (χ1n) is 7.85. The monoisotopic (exact) mass is 292 g/mol. The number of aryl methyl sites for hydroxylation is 2. The van der Waals surface area contributed by atoms with Crippen LogP contribution in [-0.2, 0) is 4.74 Å². The Morgan fingerprint density at radius 1 is 1.33 bits per heavy atom. The lowest BCUT2D eigenvalue weighted by Gasteiger charge is -2.34. The molecule has 4 nitrogen and oxygen atoms in total. The summed E-state index contributed by atoms with van der Waals surface area (Å²) in [7, 11) is 0. The molecule has 1 saturated heterocycles. The van der Waals surface area contributed by atoms with Crippen LogP contribution in [0, 0.1) is 13.8 Å². The summed E-state index contributed by atoms with van der Waals surface area (Å²) in [5.41, 5.74) is 8.41. The molecule has 0 aromatic heterocycles. The largest absolute Gasteiger partial charge is 0.494 e. The molecule has 1 aliphatic rings. The van der Waals surface area contributed by atoms with Crippen LogP contribution in [0.1, 0.15) is 24.5 Å². The minimum atomic E-state index is 0.0966. The van der Waals surface area contributed by atoms with Crippen molar-refractivity contribution in [2.24, 2.45) is 5.73 Å². The Morgan fingerprint density at radius 2 is 2.05 bits per heavy atom. The fraction of sp³-hybridized carbons (Fsp3) is 0.647. The lowest BCUT2D eigenvalue weighted by Crippen LogP contribution is -2.49. The lowest BCUT2D eigenvalue weighted by molar-refractivity contribution is -0.0385. The summed E-state index contributed by atoms with van der Waals surface area (Å²) in [5.74, 6) is 0.975. The van der Waals surface area contributed by atoms with Crippen LogP contribution in [0.5, 0.6) is 5.75 Å². The molecule has 118 valence electrons. The summed E-state index contributed by atoms with van der Waals surface area (Å²) in [5, 5.41) is 0. The summed E-state index contributed by atoms with van der Waals surface area (Å²) in [4.78, 5) is 2.42. The number of hydrogen-bond acceptors (Lipinski definition) is 4. The van der Waals surface area contributed by atoms with Crippen molar-refractivity contribution in [3.05, 3.63) is 29.3 Å². The molecule has 0 spiro atoms. The van der Waals surface area contributed by atoms with Gasteiger partial charge in [0.15, 0.2) is 0 Å². The van der Waals surface area contributed by atoms with E-state index in [0.29, 0.717) is 0 Å². The first kappa shape index (κ1) is 16.3. The number of ether oxygens (including phenoxy) is 2. The normalized spacial score (nSPS) is 21.2. The molecule has 0 radical (unpaired) electrons. The molecule has 0 bridgehead atoms. The summed E-state index contributed by atoms with van der Waals surface area (Å²) in [6.45, 7) is 10.7. The molecule has 0 amide bonds. The SMILES string of the molecule is Cc1cc(C)cc(OCCCN2CCOC(C(C)N)C2)c1. The predicted molar refractivity (Wildman–Crippen MR) is 85.9 cm³/mol. The highest BCUT2D eigenvalue weighted by atomic mass is 16.5. The fourth-order valence-corrected chi connectivity index (χ4v) is 2.75. The van der Waals surface area contributed by atoms with Crippen molar-refractivity contribution < 1.29 is 9.47 Å². The molecular weight excluding hydrogens is 264 g/mol. The molecule has 1 aromatic rings. The zero-order valence-electron chi connectivity index (χ0n) is 13.5. The van der Waals surface area contributed by atoms with Gasteiger partial charge in [-0.05, 0) is 50.5 Å². The van der Waals surface area contributed by atoms with Crippen molar-refractivity contribution in [2.45, 2.75) is 39.3 Å². The van der Waals surface area contributed by atoms with Gasteiger partial charge in [-0.2, -0.15) is 0 Å². The highest BCUT2D eigenvalue weighted by molar-refractivity contribution is 5.32. The summed E-state index contributed by atoms with van der Waals surface area (Å²) in [6.07, 6.45) is 1.19. The molecule has 2 unspecified atom stereocenters. The second-order valence-electron chi connectivity index (χ2n) is 6.09. The maximum atomic E-state index is 5.91. The first-order chi connectivity index (χ1) is 10.0. The first-order valence-corrected chi connectivity index (χ1v) is 7.85. The van der Waals surface area contributed by atoms with Crippen LogP contribution in [0.4, 0.5) is 0 Å². The van der Waals surface area contributed by atoms with Crippen LogP contribution in [0.2, 0.25) is 0 Å². The van der Waals surface area contributed by atoms with Gasteiger partial charge >= 0.3 is 0 Å². The minimum Gasteiger partial charge on any atom is -0.494 e. The zero-order valence-corrected chi connectivity index (χ0v) is 13.5. The molecule has 2 atom stereocenters. The van der Waals surface area contributed by atoms with Crippen molar-refractivity contribution in [1.82, 2.24) is 4.90 Å². The highest BCUT2D eigenvalue weighted by Gasteiger charge is 2.22. The van der Waals surface area contributed by atoms with Crippen molar-refractivity contribution in [3.8, 4) is 5.75 Å². The molecule has 2 rings (SSSR count). The smallest absolute Gasteiger partial charge is 0.119 e. The number of nitrogens with two attached hydrogens (primary N) is 1. The number of nitrogens with zero attached hydrogens (tertiary/aromatic N) is 1. The van der Waals surface area contributed by atoms with Crippen LogP contribution in [0.3, 0.4) is 0 Å². The van der Waals surface area contributed by atoms with Crippen LogP contribution in [0.25, 0.3) is 0 Å². The van der Waals surface area contributed by atoms with Crippen LogP contribution >= 0.6 is 0 Å². The van der Waals surface area contributed by atoms with E-state index in [2.05, 4.69) is 36.9 Å². The fourth-order valence-electron chi connectivity index (χ4n) is 2.75. The average Bonchev–Trinajstić information content (AvgIpc) is 2.43. The Labute approximate surface area is 128 Å². The molecule has 21 heavy (non-hydrogen) atoms. The quantitative estimate of drug-likeness (QED) is 0.816. The Morgan fingerprint density at radius 3 is 2.71 bits per heavy atom. The van der Waals surface area contributed by atoms with Crippen LogP contribution < -0.4 is 10.5 Å². The standard InChI is InChI=1S/C17H28N2O2/c1-13-9-14(2)11-16(10-13)20-7-4-5-19-6-8-21-17(12-19)15(3)18/h9-11,15,17H,4-8,12,18H2,1-3H3. The van der Waals surface area contributed by atoms with E-state index in [1.165, 1.54) is 11.1 Å². The van der Waals surface area contributed by atoms with Gasteiger partial charge in [0.1, 0.15) is 5.75 Å². The van der Waals surface area contributed by atoms with Gasteiger partial charge < -0.3 is 15.2 Å². The van der Waals surface area contributed by atoms with Gasteiger partial charge in [-0.25, -0.2) is 0 Å². The van der Waals surface area contributed by atoms with Crippen molar-refractivity contribution in [2.75, 3.05) is 32.8 Å². The van der Waals surface area contributed by atoms with Crippen molar-refractivity contribution in [3.63, 3.8) is 0 Å². The molecule has 0 saturated carbocycles. The van der Waals surface area contributed by atoms with Gasteiger partial charge in [-0.1, -0.05) is 6.07 Å². The van der Waals surface area contributed by atoms with Gasteiger partial charge in [-0.3, -0.25) is 4.90 Å². The van der Waals surface area contributed by atoms with E-state index in [9.17, 15) is 0 Å². The van der Waals surface area contributed by atoms with E-state index < -0.39 is 0 Å². The van der Waals surface area contributed by atoms with Gasteiger partial charge in [0.25, 0.3) is 0 Å². The zero-order chi connectivity index (χ0) is 15.2. The van der Waals surface area contributed by atoms with Crippen LogP contribution in [0.15, 0.2) is 18.2 Å². The van der Waals surface area contributed by atoms with Crippen molar-refractivity contribution in [1.29, 1.82) is 0 Å². The van der Waals surface area contributed by atoms with E-state index in [1.807, 2.05) is 6.92 Å². The second-order valence-corrected chi connectivity index (χ2v) is 6.09. The summed E-state index contributed by atoms with van der Waals surface area (Å²) >= 11 is 0. The molecule has 1 fully saturated rings. The molecule has 1 aliphatic heterocycles. The maximum Gasteiger partial charge on any atom is 0.119 e. The molecule has 1 aromatic carbocycles. The van der Waals surface area contributed by atoms with Crippen molar-refractivity contribution >= 4 is 0 Å². The average molecular weight is 292 g/mol. The Hall–Kier alpha value is -1.10. The minimum absolute atomic E-state index is 0.0966. The van der Waals surface area contributed by atoms with E-state index in [1.54, 1.807) is 0 Å². The Balaban J connectivity index is 1.69. The molecule has 2 N–H and O–H groups in total. The van der Waals surface area contributed by atoms with E-state index in [4.69, 9.17) is 15.2 Å². The van der Waals surface area contributed by atoms with Gasteiger partial charge in [0.2, 0.25) is 0 Å². The number of hydrogen-bond donors (Lipinski definition) is 1. The van der Waals surface area contributed by atoms with E-state index >= 15 is 0 Å². The maximum absolute atomic E-state index is 5.91. The predicted octanol–water partition coefficient (Wildman–Crippen LogP) is 2.12. The number of benzene rings is 1. The molecule has 4 heteroatoms. The van der Waals surface area contributed by atoms with Gasteiger partial charge in [0.05, 0.1) is 19.3 Å². The summed E-state index contributed by atoms with van der Waals surface area (Å²) in [6, 6.07) is 6.44. The van der Waals surface area contributed by atoms with Gasteiger partial charge in [-0.15, -0.1) is 0 Å². The Kier molecular flexibility index (Phi) is 6.03. The molecular formula is C17H28N2O2. The molecule has 1 heterocycles. The second kappa shape index (κ2) is 7.78. The lowest BCUT2D eigenvalue weighted by atomic mass is 10.1. The number of morpholine rings is 1. The third-order valence-corrected chi connectivity index (χ3v) is 3.85. The Bertz CT molecular complexity index is 428. The third-order valence-electron chi connectivity index (χ3n) is 3.85. The summed E-state index contributed by atoms with van der Waals surface area (Å²) < 4.78 is 11.5. The van der Waals surface area contributed by atoms with Gasteiger partial charge in [0, 0.05) is 25.7 Å². The van der Waals surface area contributed by atoms with E-state index in [0.717, 1.165) is 45.0 Å². The van der Waals surface area contributed by atoms with Crippen LogP contribution in [-0.4, -0.2) is 49.9 Å². The topological polar surface area (TPSA) is 47.7 Å². The van der Waals surface area contributed by atoms with E-state index in [-0.39, 0.29) is 12.1 Å². The third kappa shape index (κ3) is 5.30.